The zero-order chi connectivity index (χ0) is 24.9. The first-order valence-corrected chi connectivity index (χ1v) is 12.8. The SMILES string of the molecule is COc1cc(/C=C2\SC(=O)N(CC(=O)N3CCCC3)C2=O)cc(I)c1OCc1ccccc1C#N. The lowest BCUT2D eigenvalue weighted by atomic mass is 10.1. The first-order valence-electron chi connectivity index (χ1n) is 10.9. The number of nitriles is 1. The van der Waals surface area contributed by atoms with Crippen LogP contribution in [0.1, 0.15) is 29.5 Å². The second-order valence-electron chi connectivity index (χ2n) is 7.95. The van der Waals surface area contributed by atoms with E-state index in [1.807, 2.05) is 18.2 Å². The largest absolute Gasteiger partial charge is 0.493 e. The second-order valence-corrected chi connectivity index (χ2v) is 10.1. The van der Waals surface area contributed by atoms with Gasteiger partial charge in [0, 0.05) is 18.7 Å². The fraction of sp³-hybridized carbons (Fsp3) is 0.280. The van der Waals surface area contributed by atoms with Crippen LogP contribution in [0.3, 0.4) is 0 Å². The van der Waals surface area contributed by atoms with Crippen molar-refractivity contribution in [1.82, 2.24) is 9.80 Å². The summed E-state index contributed by atoms with van der Waals surface area (Å²) in [6, 6.07) is 12.9. The Kier molecular flexibility index (Phi) is 7.97. The van der Waals surface area contributed by atoms with Gasteiger partial charge in [-0.3, -0.25) is 19.3 Å². The van der Waals surface area contributed by atoms with E-state index in [4.69, 9.17) is 9.47 Å². The summed E-state index contributed by atoms with van der Waals surface area (Å²) in [5.41, 5.74) is 1.96. The molecular formula is C25H22IN3O5S. The smallest absolute Gasteiger partial charge is 0.294 e. The molecule has 8 nitrogen and oxygen atoms in total. The number of thioether (sulfide) groups is 1. The van der Waals surface area contributed by atoms with Gasteiger partial charge in [0.25, 0.3) is 11.1 Å². The molecule has 0 N–H and O–H groups in total. The molecule has 0 aliphatic carbocycles. The maximum atomic E-state index is 12.9. The number of hydrogen-bond acceptors (Lipinski definition) is 7. The lowest BCUT2D eigenvalue weighted by molar-refractivity contribution is -0.135. The van der Waals surface area contributed by atoms with Crippen molar-refractivity contribution in [3.8, 4) is 17.6 Å². The van der Waals surface area contributed by atoms with Crippen LogP contribution in [0.5, 0.6) is 11.5 Å². The van der Waals surface area contributed by atoms with Crippen molar-refractivity contribution in [2.75, 3.05) is 26.7 Å². The van der Waals surface area contributed by atoms with Crippen molar-refractivity contribution in [2.24, 2.45) is 0 Å². The molecule has 0 aromatic heterocycles. The van der Waals surface area contributed by atoms with Crippen LogP contribution in [-0.4, -0.2) is 53.6 Å². The van der Waals surface area contributed by atoms with Gasteiger partial charge in [-0.1, -0.05) is 18.2 Å². The molecule has 35 heavy (non-hydrogen) atoms. The molecule has 2 aliphatic heterocycles. The van der Waals surface area contributed by atoms with Gasteiger partial charge < -0.3 is 14.4 Å². The Labute approximate surface area is 221 Å². The molecule has 0 bridgehead atoms. The van der Waals surface area contributed by atoms with Crippen molar-refractivity contribution in [1.29, 1.82) is 5.26 Å². The summed E-state index contributed by atoms with van der Waals surface area (Å²) in [6.07, 6.45) is 3.50. The van der Waals surface area contributed by atoms with Crippen molar-refractivity contribution in [3.63, 3.8) is 0 Å². The third-order valence-corrected chi connectivity index (χ3v) is 7.39. The number of halogens is 1. The van der Waals surface area contributed by atoms with Gasteiger partial charge >= 0.3 is 0 Å². The molecule has 0 saturated carbocycles. The van der Waals surface area contributed by atoms with Crippen molar-refractivity contribution >= 4 is 57.5 Å². The summed E-state index contributed by atoms with van der Waals surface area (Å²) < 4.78 is 12.2. The average Bonchev–Trinajstić information content (AvgIpc) is 3.48. The average molecular weight is 603 g/mol. The predicted molar refractivity (Wildman–Crippen MR) is 140 cm³/mol. The topological polar surface area (TPSA) is 99.9 Å². The molecule has 2 aromatic carbocycles. The van der Waals surface area contributed by atoms with Crippen LogP contribution in [0.15, 0.2) is 41.3 Å². The minimum Gasteiger partial charge on any atom is -0.493 e. The molecule has 3 amide bonds. The Balaban J connectivity index is 1.51. The number of imide groups is 1. The monoisotopic (exact) mass is 603 g/mol. The van der Waals surface area contributed by atoms with E-state index in [-0.39, 0.29) is 24.0 Å². The summed E-state index contributed by atoms with van der Waals surface area (Å²) in [5.74, 6) is 0.292. The Morgan fingerprint density at radius 2 is 1.97 bits per heavy atom. The quantitative estimate of drug-likeness (QED) is 0.342. The van der Waals surface area contributed by atoms with E-state index >= 15 is 0 Å². The van der Waals surface area contributed by atoms with Crippen molar-refractivity contribution in [2.45, 2.75) is 19.4 Å². The van der Waals surface area contributed by atoms with Gasteiger partial charge in [-0.25, -0.2) is 0 Å². The number of nitrogens with zero attached hydrogens (tertiary/aromatic N) is 3. The van der Waals surface area contributed by atoms with Gasteiger partial charge in [-0.05, 0) is 77.0 Å². The van der Waals surface area contributed by atoms with Gasteiger partial charge in [-0.2, -0.15) is 5.26 Å². The van der Waals surface area contributed by atoms with Crippen LogP contribution in [-0.2, 0) is 16.2 Å². The number of hydrogen-bond donors (Lipinski definition) is 0. The van der Waals surface area contributed by atoms with E-state index in [2.05, 4.69) is 28.7 Å². The number of methoxy groups -OCH3 is 1. The van der Waals surface area contributed by atoms with Crippen LogP contribution in [0.2, 0.25) is 0 Å². The van der Waals surface area contributed by atoms with Crippen LogP contribution in [0, 0.1) is 14.9 Å². The van der Waals surface area contributed by atoms with Gasteiger partial charge in [-0.15, -0.1) is 0 Å². The summed E-state index contributed by atoms with van der Waals surface area (Å²) >= 11 is 2.93. The fourth-order valence-corrected chi connectivity index (χ4v) is 5.48. The number of rotatable bonds is 7. The van der Waals surface area contributed by atoms with Crippen molar-refractivity contribution in [3.05, 3.63) is 61.6 Å². The molecule has 2 aromatic rings. The van der Waals surface area contributed by atoms with Gasteiger partial charge in [0.15, 0.2) is 11.5 Å². The standard InChI is InChI=1S/C25H22IN3O5S/c1-33-20-11-16(10-19(26)23(20)34-15-18-7-3-2-6-17(18)13-27)12-21-24(31)29(25(32)35-21)14-22(30)28-8-4-5-9-28/h2-3,6-7,10-12H,4-5,8-9,14-15H2,1H3/b21-12-. The van der Waals surface area contributed by atoms with E-state index in [1.54, 1.807) is 29.2 Å². The number of carbonyl (C=O) groups is 3. The van der Waals surface area contributed by atoms with E-state index in [0.717, 1.165) is 38.6 Å². The molecule has 2 aliphatic rings. The molecule has 2 heterocycles. The highest BCUT2D eigenvalue weighted by Gasteiger charge is 2.37. The highest BCUT2D eigenvalue weighted by Crippen LogP contribution is 2.37. The Morgan fingerprint density at radius 1 is 1.23 bits per heavy atom. The number of ether oxygens (including phenoxy) is 2. The molecule has 0 atom stereocenters. The summed E-state index contributed by atoms with van der Waals surface area (Å²) in [7, 11) is 1.52. The van der Waals surface area contributed by atoms with E-state index in [9.17, 15) is 19.6 Å². The van der Waals surface area contributed by atoms with E-state index < -0.39 is 11.1 Å². The van der Waals surface area contributed by atoms with Gasteiger partial charge in [0.05, 0.1) is 27.2 Å². The minimum absolute atomic E-state index is 0.194. The second kappa shape index (κ2) is 11.1. The zero-order valence-electron chi connectivity index (χ0n) is 19.0. The third-order valence-electron chi connectivity index (χ3n) is 5.69. The Hall–Kier alpha value is -3.04. The molecular weight excluding hydrogens is 581 g/mol. The highest BCUT2D eigenvalue weighted by molar-refractivity contribution is 14.1. The lowest BCUT2D eigenvalue weighted by Crippen LogP contribution is -2.40. The van der Waals surface area contributed by atoms with Crippen molar-refractivity contribution < 1.29 is 23.9 Å². The summed E-state index contributed by atoms with van der Waals surface area (Å²) in [6.45, 7) is 1.29. The molecule has 10 heteroatoms. The van der Waals surface area contributed by atoms with Crippen LogP contribution < -0.4 is 9.47 Å². The van der Waals surface area contributed by atoms with Crippen LogP contribution in [0.25, 0.3) is 6.08 Å². The van der Waals surface area contributed by atoms with E-state index in [1.165, 1.54) is 7.11 Å². The van der Waals surface area contributed by atoms with Gasteiger partial charge in [0.2, 0.25) is 5.91 Å². The Morgan fingerprint density at radius 3 is 2.69 bits per heavy atom. The first-order chi connectivity index (χ1) is 16.9. The normalized spacial score (nSPS) is 16.7. The highest BCUT2D eigenvalue weighted by atomic mass is 127. The molecule has 0 radical (unpaired) electrons. The molecule has 0 spiro atoms. The van der Waals surface area contributed by atoms with E-state index in [0.29, 0.717) is 35.7 Å². The van der Waals surface area contributed by atoms with Crippen LogP contribution >= 0.6 is 34.4 Å². The fourth-order valence-electron chi connectivity index (χ4n) is 3.86. The molecule has 4 rings (SSSR count). The lowest BCUT2D eigenvalue weighted by Gasteiger charge is -2.18. The number of carbonyl (C=O) groups excluding carboxylic acids is 3. The molecule has 180 valence electrons. The first kappa shape index (κ1) is 25.1. The minimum atomic E-state index is -0.477. The predicted octanol–water partition coefficient (Wildman–Crippen LogP) is 4.41. The molecule has 2 fully saturated rings. The Bertz CT molecular complexity index is 1250. The number of amides is 3. The number of benzene rings is 2. The number of likely N-dealkylation sites (tertiary alicyclic amines) is 1. The van der Waals surface area contributed by atoms with Gasteiger partial charge in [0.1, 0.15) is 13.2 Å². The third kappa shape index (κ3) is 5.62. The summed E-state index contributed by atoms with van der Waals surface area (Å²) in [5, 5.41) is 8.84. The molecule has 2 saturated heterocycles. The zero-order valence-corrected chi connectivity index (χ0v) is 21.9. The maximum Gasteiger partial charge on any atom is 0.294 e. The maximum absolute atomic E-state index is 12.9. The summed E-state index contributed by atoms with van der Waals surface area (Å²) in [4.78, 5) is 40.7. The molecule has 0 unspecified atom stereocenters. The van der Waals surface area contributed by atoms with Crippen LogP contribution in [0.4, 0.5) is 4.79 Å².